The summed E-state index contributed by atoms with van der Waals surface area (Å²) in [5.41, 5.74) is 2.60. The smallest absolute Gasteiger partial charge is 0.336 e. The molecule has 6 heteroatoms. The van der Waals surface area contributed by atoms with Gasteiger partial charge in [0.05, 0.1) is 22.3 Å². The highest BCUT2D eigenvalue weighted by atomic mass is 19.1. The molecule has 0 fully saturated rings. The van der Waals surface area contributed by atoms with E-state index in [1.807, 2.05) is 30.3 Å². The van der Waals surface area contributed by atoms with Crippen LogP contribution in [0.4, 0.5) is 4.39 Å². The molecular weight excluding hydrogens is 321 g/mol. The number of fused-ring (bicyclic) bond motifs is 1. The molecule has 5 nitrogen and oxygen atoms in total. The molecule has 2 N–H and O–H groups in total. The van der Waals surface area contributed by atoms with Gasteiger partial charge in [-0.1, -0.05) is 42.5 Å². The molecule has 0 amide bonds. The van der Waals surface area contributed by atoms with E-state index < -0.39 is 11.8 Å². The number of nitrogens with zero attached hydrogens (tertiary/aromatic N) is 2. The van der Waals surface area contributed by atoms with Crippen LogP contribution in [0.25, 0.3) is 33.5 Å². The summed E-state index contributed by atoms with van der Waals surface area (Å²) < 4.78 is 13.5. The molecule has 0 saturated carbocycles. The second-order valence-electron chi connectivity index (χ2n) is 5.53. The summed E-state index contributed by atoms with van der Waals surface area (Å²) in [7, 11) is 0. The molecular formula is C19H12FN3O2. The minimum absolute atomic E-state index is 0.0665. The number of pyridine rings is 1. The highest BCUT2D eigenvalue weighted by molar-refractivity contribution is 6.08. The highest BCUT2D eigenvalue weighted by Gasteiger charge is 2.19. The molecule has 0 unspecified atom stereocenters. The lowest BCUT2D eigenvalue weighted by atomic mass is 10.0. The maximum absolute atomic E-state index is 13.5. The first kappa shape index (κ1) is 15.0. The number of carboxylic acids is 1. The largest absolute Gasteiger partial charge is 0.478 e. The fourth-order valence-corrected chi connectivity index (χ4v) is 2.80. The number of carboxylic acid groups (broad SMARTS) is 1. The van der Waals surface area contributed by atoms with Crippen LogP contribution in [0.15, 0.2) is 60.7 Å². The fraction of sp³-hybridized carbons (Fsp3) is 0. The van der Waals surface area contributed by atoms with E-state index >= 15 is 0 Å². The molecule has 2 heterocycles. The van der Waals surface area contributed by atoms with Crippen LogP contribution in [-0.4, -0.2) is 26.3 Å². The minimum atomic E-state index is -1.09. The van der Waals surface area contributed by atoms with Crippen LogP contribution in [0.3, 0.4) is 0 Å². The summed E-state index contributed by atoms with van der Waals surface area (Å²) in [5, 5.41) is 17.1. The number of hydrogen-bond acceptors (Lipinski definition) is 3. The summed E-state index contributed by atoms with van der Waals surface area (Å²) in [6.07, 6.45) is 0. The number of hydrogen-bond donors (Lipinski definition) is 2. The Hall–Kier alpha value is -3.54. The van der Waals surface area contributed by atoms with Gasteiger partial charge >= 0.3 is 5.97 Å². The van der Waals surface area contributed by atoms with Crippen LogP contribution < -0.4 is 0 Å². The first-order valence-electron chi connectivity index (χ1n) is 7.57. The third kappa shape index (κ3) is 2.63. The monoisotopic (exact) mass is 333 g/mol. The van der Waals surface area contributed by atoms with E-state index in [1.165, 1.54) is 18.2 Å². The van der Waals surface area contributed by atoms with Gasteiger partial charge in [0, 0.05) is 11.1 Å². The van der Waals surface area contributed by atoms with Gasteiger partial charge < -0.3 is 5.11 Å². The first-order chi connectivity index (χ1) is 12.1. The van der Waals surface area contributed by atoms with Crippen molar-refractivity contribution in [2.45, 2.75) is 0 Å². The Bertz CT molecular complexity index is 1090. The Labute approximate surface area is 141 Å². The molecule has 0 spiro atoms. The van der Waals surface area contributed by atoms with E-state index in [0.717, 1.165) is 5.56 Å². The van der Waals surface area contributed by atoms with E-state index in [-0.39, 0.29) is 11.2 Å². The molecule has 122 valence electrons. The molecule has 0 aliphatic heterocycles. The molecule has 0 aliphatic carbocycles. The Morgan fingerprint density at radius 2 is 1.76 bits per heavy atom. The van der Waals surface area contributed by atoms with Crippen LogP contribution in [-0.2, 0) is 0 Å². The third-order valence-electron chi connectivity index (χ3n) is 3.94. The zero-order chi connectivity index (χ0) is 17.4. The number of nitrogens with one attached hydrogen (secondary N) is 1. The van der Waals surface area contributed by atoms with Gasteiger partial charge in [-0.3, -0.25) is 5.10 Å². The zero-order valence-electron chi connectivity index (χ0n) is 12.9. The zero-order valence-corrected chi connectivity index (χ0v) is 12.9. The Kier molecular flexibility index (Phi) is 3.50. The second-order valence-corrected chi connectivity index (χ2v) is 5.53. The van der Waals surface area contributed by atoms with E-state index in [9.17, 15) is 14.3 Å². The van der Waals surface area contributed by atoms with Gasteiger partial charge in [0.2, 0.25) is 0 Å². The lowest BCUT2D eigenvalue weighted by Gasteiger charge is -2.06. The number of aromatic nitrogens is 3. The highest BCUT2D eigenvalue weighted by Crippen LogP contribution is 2.31. The molecule has 4 aromatic rings. The number of carbonyl (C=O) groups is 1. The molecule has 0 bridgehead atoms. The van der Waals surface area contributed by atoms with Crippen molar-refractivity contribution >= 4 is 17.0 Å². The van der Waals surface area contributed by atoms with Crippen molar-refractivity contribution < 1.29 is 14.3 Å². The first-order valence-corrected chi connectivity index (χ1v) is 7.57. The molecule has 0 radical (unpaired) electrons. The van der Waals surface area contributed by atoms with Crippen LogP contribution in [0.2, 0.25) is 0 Å². The second kappa shape index (κ2) is 5.83. The van der Waals surface area contributed by atoms with Gasteiger partial charge in [-0.25, -0.2) is 14.2 Å². The van der Waals surface area contributed by atoms with E-state index in [1.54, 1.807) is 12.1 Å². The van der Waals surface area contributed by atoms with Gasteiger partial charge in [0.1, 0.15) is 5.82 Å². The van der Waals surface area contributed by atoms with Crippen LogP contribution in [0, 0.1) is 5.82 Å². The quantitative estimate of drug-likeness (QED) is 0.591. The SMILES string of the molecule is O=C(O)c1cc(-c2cccc(F)c2)nc2n[nH]c(-c3ccccc3)c12. The van der Waals surface area contributed by atoms with Crippen molar-refractivity contribution in [2.75, 3.05) is 0 Å². The topological polar surface area (TPSA) is 78.9 Å². The Morgan fingerprint density at radius 1 is 1.00 bits per heavy atom. The molecule has 0 saturated heterocycles. The predicted octanol–water partition coefficient (Wildman–Crippen LogP) is 4.13. The lowest BCUT2D eigenvalue weighted by molar-refractivity contribution is 0.0699. The number of aromatic carboxylic acids is 1. The van der Waals surface area contributed by atoms with Gasteiger partial charge in [0.25, 0.3) is 0 Å². The fourth-order valence-electron chi connectivity index (χ4n) is 2.80. The van der Waals surface area contributed by atoms with Crippen LogP contribution in [0.5, 0.6) is 0 Å². The van der Waals surface area contributed by atoms with Gasteiger partial charge in [-0.15, -0.1) is 0 Å². The number of aromatic amines is 1. The number of benzene rings is 2. The number of rotatable bonds is 3. The van der Waals surface area contributed by atoms with Crippen molar-refractivity contribution in [1.29, 1.82) is 0 Å². The van der Waals surface area contributed by atoms with Crippen molar-refractivity contribution in [3.63, 3.8) is 0 Å². The van der Waals surface area contributed by atoms with Gasteiger partial charge in [-0.2, -0.15) is 5.10 Å². The average molecular weight is 333 g/mol. The summed E-state index contributed by atoms with van der Waals surface area (Å²) in [6, 6.07) is 16.6. The Balaban J connectivity index is 1.99. The van der Waals surface area contributed by atoms with Gasteiger partial charge in [0.15, 0.2) is 5.65 Å². The van der Waals surface area contributed by atoms with Gasteiger partial charge in [-0.05, 0) is 18.2 Å². The van der Waals surface area contributed by atoms with Crippen LogP contribution >= 0.6 is 0 Å². The minimum Gasteiger partial charge on any atom is -0.478 e. The molecule has 4 rings (SSSR count). The average Bonchev–Trinajstić information content (AvgIpc) is 3.05. The summed E-state index contributed by atoms with van der Waals surface area (Å²) in [5.74, 6) is -1.51. The lowest BCUT2D eigenvalue weighted by Crippen LogP contribution is -2.00. The molecule has 2 aromatic heterocycles. The van der Waals surface area contributed by atoms with E-state index in [2.05, 4.69) is 15.2 Å². The summed E-state index contributed by atoms with van der Waals surface area (Å²) in [6.45, 7) is 0. The molecule has 25 heavy (non-hydrogen) atoms. The van der Waals surface area contributed by atoms with Crippen molar-refractivity contribution in [3.05, 3.63) is 72.0 Å². The summed E-state index contributed by atoms with van der Waals surface area (Å²) >= 11 is 0. The van der Waals surface area contributed by atoms with Crippen LogP contribution in [0.1, 0.15) is 10.4 Å². The standard InChI is InChI=1S/C19H12FN3O2/c20-13-8-4-7-12(9-13)15-10-14(19(24)25)16-17(22-23-18(16)21-15)11-5-2-1-3-6-11/h1-10H,(H,24,25)(H,21,22,23). The summed E-state index contributed by atoms with van der Waals surface area (Å²) in [4.78, 5) is 16.2. The third-order valence-corrected chi connectivity index (χ3v) is 3.94. The van der Waals surface area contributed by atoms with Crippen molar-refractivity contribution in [1.82, 2.24) is 15.2 Å². The molecule has 2 aromatic carbocycles. The normalized spacial score (nSPS) is 10.9. The maximum atomic E-state index is 13.5. The van der Waals surface area contributed by atoms with E-state index in [4.69, 9.17) is 0 Å². The number of H-pyrrole nitrogens is 1. The maximum Gasteiger partial charge on any atom is 0.336 e. The Morgan fingerprint density at radius 3 is 2.48 bits per heavy atom. The van der Waals surface area contributed by atoms with E-state index in [0.29, 0.717) is 22.3 Å². The molecule has 0 aliphatic rings. The predicted molar refractivity (Wildman–Crippen MR) is 91.7 cm³/mol. The molecule has 0 atom stereocenters. The number of halogens is 1. The van der Waals surface area contributed by atoms with Crippen molar-refractivity contribution in [3.8, 4) is 22.5 Å². The van der Waals surface area contributed by atoms with Crippen molar-refractivity contribution in [2.24, 2.45) is 0 Å².